The third-order valence-corrected chi connectivity index (χ3v) is 6.03. The number of ether oxygens (including phenoxy) is 1. The molecule has 1 amide bonds. The molecule has 1 fully saturated rings. The van der Waals surface area contributed by atoms with Crippen LogP contribution in [0.2, 0.25) is 0 Å². The number of pyridine rings is 1. The molecule has 0 radical (unpaired) electrons. The fraction of sp³-hybridized carbons (Fsp3) is 0.250. The molecule has 0 bridgehead atoms. The van der Waals surface area contributed by atoms with E-state index in [9.17, 15) is 13.6 Å². The van der Waals surface area contributed by atoms with E-state index in [0.29, 0.717) is 42.7 Å². The molecular weight excluding hydrogens is 386 g/mol. The summed E-state index contributed by atoms with van der Waals surface area (Å²) in [5.74, 6) is -0.583. The first kappa shape index (κ1) is 20.0. The van der Waals surface area contributed by atoms with E-state index in [4.69, 9.17) is 10.5 Å². The lowest BCUT2D eigenvalue weighted by Crippen LogP contribution is -2.49. The fourth-order valence-corrected chi connectivity index (χ4v) is 4.30. The van der Waals surface area contributed by atoms with E-state index >= 15 is 0 Å². The average molecular weight is 408 g/mol. The molecule has 0 saturated heterocycles. The number of hydrogen-bond donors (Lipinski definition) is 1. The van der Waals surface area contributed by atoms with Crippen molar-refractivity contribution in [2.24, 2.45) is 5.73 Å². The highest BCUT2D eigenvalue weighted by Crippen LogP contribution is 2.48. The van der Waals surface area contributed by atoms with Crippen LogP contribution in [0.1, 0.15) is 36.9 Å². The van der Waals surface area contributed by atoms with Crippen LogP contribution in [0.4, 0.5) is 8.78 Å². The summed E-state index contributed by atoms with van der Waals surface area (Å²) in [6.45, 7) is 0. The number of benzene rings is 2. The summed E-state index contributed by atoms with van der Waals surface area (Å²) in [5.41, 5.74) is 5.38. The van der Waals surface area contributed by atoms with Gasteiger partial charge in [-0.25, -0.2) is 8.78 Å². The smallest absolute Gasteiger partial charge is 0.228 e. The molecule has 154 valence electrons. The van der Waals surface area contributed by atoms with Gasteiger partial charge >= 0.3 is 0 Å². The van der Waals surface area contributed by atoms with Gasteiger partial charge in [0.25, 0.3) is 0 Å². The Morgan fingerprint density at radius 2 is 1.50 bits per heavy atom. The van der Waals surface area contributed by atoms with Crippen LogP contribution in [0.15, 0.2) is 72.9 Å². The highest BCUT2D eigenvalue weighted by molar-refractivity contribution is 5.87. The zero-order valence-corrected chi connectivity index (χ0v) is 16.4. The summed E-state index contributed by atoms with van der Waals surface area (Å²) in [5, 5.41) is 0. The molecule has 1 aromatic heterocycles. The minimum atomic E-state index is -0.919. The number of amides is 1. The zero-order chi connectivity index (χ0) is 21.2. The Bertz CT molecular complexity index is 1010. The Morgan fingerprint density at radius 3 is 2.07 bits per heavy atom. The second kappa shape index (κ2) is 7.86. The van der Waals surface area contributed by atoms with Gasteiger partial charge < -0.3 is 10.5 Å². The Balaban J connectivity index is 1.70. The van der Waals surface area contributed by atoms with Gasteiger partial charge in [-0.15, -0.1) is 0 Å². The fourth-order valence-electron chi connectivity index (χ4n) is 4.30. The van der Waals surface area contributed by atoms with Crippen molar-refractivity contribution in [1.29, 1.82) is 0 Å². The number of aromatic nitrogens is 1. The van der Waals surface area contributed by atoms with E-state index in [-0.39, 0.29) is 5.82 Å². The summed E-state index contributed by atoms with van der Waals surface area (Å²) < 4.78 is 33.3. The van der Waals surface area contributed by atoms with Gasteiger partial charge in [0.15, 0.2) is 5.60 Å². The van der Waals surface area contributed by atoms with Crippen LogP contribution in [0.5, 0.6) is 5.75 Å². The normalized spacial score (nSPS) is 23.7. The van der Waals surface area contributed by atoms with E-state index in [1.54, 1.807) is 18.2 Å². The van der Waals surface area contributed by atoms with Gasteiger partial charge in [0.1, 0.15) is 17.4 Å². The highest BCUT2D eigenvalue weighted by atomic mass is 19.1. The molecule has 30 heavy (non-hydrogen) atoms. The number of rotatable bonds is 5. The second-order valence-electron chi connectivity index (χ2n) is 7.72. The summed E-state index contributed by atoms with van der Waals surface area (Å²) in [7, 11) is 0. The van der Waals surface area contributed by atoms with E-state index in [0.717, 1.165) is 0 Å². The summed E-state index contributed by atoms with van der Waals surface area (Å²) >= 11 is 0. The SMILES string of the molecule is NC(=O)[C@]1(c2ccc(F)cc2)CC[C@](Oc2ccccc2)(c2ccc(F)cn2)CC1. The second-order valence-corrected chi connectivity index (χ2v) is 7.72. The number of primary amides is 1. The summed E-state index contributed by atoms with van der Waals surface area (Å²) in [4.78, 5) is 16.8. The van der Waals surface area contributed by atoms with Crippen molar-refractivity contribution in [1.82, 2.24) is 4.98 Å². The predicted molar refractivity (Wildman–Crippen MR) is 109 cm³/mol. The van der Waals surface area contributed by atoms with E-state index in [1.165, 1.54) is 24.4 Å². The molecule has 4 rings (SSSR count). The Labute approximate surface area is 173 Å². The number of hydrogen-bond acceptors (Lipinski definition) is 3. The van der Waals surface area contributed by atoms with Crippen LogP contribution in [-0.2, 0) is 15.8 Å². The van der Waals surface area contributed by atoms with Gasteiger partial charge in [0.05, 0.1) is 17.3 Å². The zero-order valence-electron chi connectivity index (χ0n) is 16.4. The summed E-state index contributed by atoms with van der Waals surface area (Å²) in [6.07, 6.45) is 2.86. The quantitative estimate of drug-likeness (QED) is 0.669. The third-order valence-electron chi connectivity index (χ3n) is 6.03. The Hall–Kier alpha value is -3.28. The maximum atomic E-state index is 13.5. The van der Waals surface area contributed by atoms with Gasteiger partial charge in [-0.2, -0.15) is 0 Å². The molecule has 6 heteroatoms. The number of carbonyl (C=O) groups excluding carboxylic acids is 1. The molecule has 0 atom stereocenters. The van der Waals surface area contributed by atoms with Crippen LogP contribution in [0, 0.1) is 11.6 Å². The largest absolute Gasteiger partial charge is 0.481 e. The molecule has 4 nitrogen and oxygen atoms in total. The Kier molecular flexibility index (Phi) is 5.24. The van der Waals surface area contributed by atoms with Crippen LogP contribution in [0.3, 0.4) is 0 Å². The van der Waals surface area contributed by atoms with Crippen LogP contribution in [-0.4, -0.2) is 10.9 Å². The monoisotopic (exact) mass is 408 g/mol. The van der Waals surface area contributed by atoms with Crippen molar-refractivity contribution in [3.63, 3.8) is 0 Å². The average Bonchev–Trinajstić information content (AvgIpc) is 2.76. The predicted octanol–water partition coefficient (Wildman–Crippen LogP) is 4.63. The molecular formula is C24H22F2N2O2. The number of nitrogens with two attached hydrogens (primary N) is 1. The van der Waals surface area contributed by atoms with E-state index in [1.807, 2.05) is 30.3 Å². The maximum Gasteiger partial charge on any atom is 0.228 e. The van der Waals surface area contributed by atoms with Crippen molar-refractivity contribution in [3.05, 3.63) is 95.8 Å². The molecule has 3 aromatic rings. The summed E-state index contributed by atoms with van der Waals surface area (Å²) in [6, 6.07) is 18.2. The lowest BCUT2D eigenvalue weighted by molar-refractivity contribution is -0.127. The first-order chi connectivity index (χ1) is 14.4. The van der Waals surface area contributed by atoms with Crippen molar-refractivity contribution < 1.29 is 18.3 Å². The van der Waals surface area contributed by atoms with Gasteiger partial charge in [0, 0.05) is 0 Å². The topological polar surface area (TPSA) is 65.2 Å². The molecule has 1 saturated carbocycles. The third kappa shape index (κ3) is 3.65. The first-order valence-corrected chi connectivity index (χ1v) is 9.86. The number of halogens is 2. The number of para-hydroxylation sites is 1. The lowest BCUT2D eigenvalue weighted by atomic mass is 9.64. The van der Waals surface area contributed by atoms with Crippen molar-refractivity contribution in [3.8, 4) is 5.75 Å². The van der Waals surface area contributed by atoms with Gasteiger partial charge in [-0.1, -0.05) is 30.3 Å². The number of nitrogens with zero attached hydrogens (tertiary/aromatic N) is 1. The molecule has 0 spiro atoms. The van der Waals surface area contributed by atoms with Crippen molar-refractivity contribution in [2.75, 3.05) is 0 Å². The minimum absolute atomic E-state index is 0.369. The minimum Gasteiger partial charge on any atom is -0.481 e. The molecule has 1 aliphatic carbocycles. The molecule has 0 unspecified atom stereocenters. The standard InChI is InChI=1S/C24H22F2N2O2/c25-18-8-6-17(7-9-18)23(22(27)29)12-14-24(15-13-23,21-11-10-19(26)16-28-21)30-20-4-2-1-3-5-20/h1-11,16H,12-15H2,(H2,27,29)/t23-,24-. The Morgan fingerprint density at radius 1 is 0.867 bits per heavy atom. The van der Waals surface area contributed by atoms with Crippen molar-refractivity contribution >= 4 is 5.91 Å². The first-order valence-electron chi connectivity index (χ1n) is 9.86. The van der Waals surface area contributed by atoms with Gasteiger partial charge in [-0.3, -0.25) is 9.78 Å². The highest BCUT2D eigenvalue weighted by Gasteiger charge is 2.50. The van der Waals surface area contributed by atoms with Crippen LogP contribution in [0.25, 0.3) is 0 Å². The lowest BCUT2D eigenvalue weighted by Gasteiger charge is -2.45. The molecule has 0 aliphatic heterocycles. The van der Waals surface area contributed by atoms with Crippen LogP contribution < -0.4 is 10.5 Å². The van der Waals surface area contributed by atoms with Gasteiger partial charge in [0.2, 0.25) is 5.91 Å². The maximum absolute atomic E-state index is 13.5. The van der Waals surface area contributed by atoms with Crippen molar-refractivity contribution in [2.45, 2.75) is 36.7 Å². The number of carbonyl (C=O) groups is 1. The molecule has 1 aliphatic rings. The van der Waals surface area contributed by atoms with E-state index < -0.39 is 22.7 Å². The molecule has 2 aromatic carbocycles. The van der Waals surface area contributed by atoms with Gasteiger partial charge in [-0.05, 0) is 67.6 Å². The van der Waals surface area contributed by atoms with Crippen LogP contribution >= 0.6 is 0 Å². The molecule has 1 heterocycles. The molecule has 2 N–H and O–H groups in total. The van der Waals surface area contributed by atoms with E-state index in [2.05, 4.69) is 4.98 Å².